The third kappa shape index (κ3) is 3.21. The Morgan fingerprint density at radius 3 is 2.10 bits per heavy atom. The van der Waals surface area contributed by atoms with E-state index >= 15 is 0 Å². The summed E-state index contributed by atoms with van der Waals surface area (Å²) in [5, 5.41) is 3.64. The molecule has 1 heterocycles. The molecule has 0 aliphatic heterocycles. The predicted molar refractivity (Wildman–Crippen MR) is 89.0 cm³/mol. The molecule has 1 N–H and O–H groups in total. The summed E-state index contributed by atoms with van der Waals surface area (Å²) in [5.41, 5.74) is 6.80. The number of hydrogen-bond donors (Lipinski definition) is 1. The molecule has 0 radical (unpaired) electrons. The SMILES string of the molecule is CCNC(Cc1c(C)cccc1C)c1c(C)oc(C)c1C. The Morgan fingerprint density at radius 1 is 1.00 bits per heavy atom. The lowest BCUT2D eigenvalue weighted by molar-refractivity contribution is 0.484. The molecule has 2 rings (SSSR count). The number of hydrogen-bond acceptors (Lipinski definition) is 2. The van der Waals surface area contributed by atoms with Gasteiger partial charge in [-0.2, -0.15) is 0 Å². The minimum atomic E-state index is 0.312. The molecule has 2 heteroatoms. The van der Waals surface area contributed by atoms with Gasteiger partial charge in [0.25, 0.3) is 0 Å². The van der Waals surface area contributed by atoms with Crippen LogP contribution in [0.15, 0.2) is 22.6 Å². The first-order chi connectivity index (χ1) is 9.95. The lowest BCUT2D eigenvalue weighted by Crippen LogP contribution is -2.24. The van der Waals surface area contributed by atoms with Crippen molar-refractivity contribution >= 4 is 0 Å². The Labute approximate surface area is 128 Å². The van der Waals surface area contributed by atoms with Crippen molar-refractivity contribution in [3.05, 3.63) is 57.5 Å². The molecule has 1 atom stereocenters. The summed E-state index contributed by atoms with van der Waals surface area (Å²) in [4.78, 5) is 0. The van der Waals surface area contributed by atoms with Gasteiger partial charge in [-0.3, -0.25) is 0 Å². The van der Waals surface area contributed by atoms with Gasteiger partial charge in [-0.1, -0.05) is 25.1 Å². The van der Waals surface area contributed by atoms with Gasteiger partial charge in [-0.15, -0.1) is 0 Å². The zero-order valence-electron chi connectivity index (χ0n) is 14.1. The van der Waals surface area contributed by atoms with E-state index in [9.17, 15) is 0 Å². The van der Waals surface area contributed by atoms with E-state index in [0.717, 1.165) is 24.5 Å². The first kappa shape index (κ1) is 15.8. The van der Waals surface area contributed by atoms with E-state index in [4.69, 9.17) is 4.42 Å². The van der Waals surface area contributed by atoms with Gasteiger partial charge in [0.1, 0.15) is 11.5 Å². The van der Waals surface area contributed by atoms with Gasteiger partial charge in [0.2, 0.25) is 0 Å². The average Bonchev–Trinajstić information content (AvgIpc) is 2.67. The van der Waals surface area contributed by atoms with Crippen molar-refractivity contribution in [2.45, 2.75) is 54.0 Å². The first-order valence-electron chi connectivity index (χ1n) is 7.80. The minimum Gasteiger partial charge on any atom is -0.466 e. The van der Waals surface area contributed by atoms with Crippen molar-refractivity contribution in [2.75, 3.05) is 6.54 Å². The van der Waals surface area contributed by atoms with Crippen molar-refractivity contribution < 1.29 is 4.42 Å². The molecule has 0 fully saturated rings. The summed E-state index contributed by atoms with van der Waals surface area (Å²) in [6.07, 6.45) is 1.01. The Bertz CT molecular complexity index is 604. The molecule has 0 aliphatic carbocycles. The van der Waals surface area contributed by atoms with Gasteiger partial charge in [0.05, 0.1) is 0 Å². The van der Waals surface area contributed by atoms with Crippen molar-refractivity contribution in [3.8, 4) is 0 Å². The van der Waals surface area contributed by atoms with Crippen molar-refractivity contribution in [1.82, 2.24) is 5.32 Å². The van der Waals surface area contributed by atoms with Gasteiger partial charge >= 0.3 is 0 Å². The van der Waals surface area contributed by atoms with Crippen LogP contribution < -0.4 is 5.32 Å². The monoisotopic (exact) mass is 285 g/mol. The second kappa shape index (κ2) is 6.48. The van der Waals surface area contributed by atoms with Crippen LogP contribution in [-0.2, 0) is 6.42 Å². The molecule has 0 amide bonds. The van der Waals surface area contributed by atoms with Gasteiger partial charge < -0.3 is 9.73 Å². The third-order valence-corrected chi connectivity index (χ3v) is 4.47. The second-order valence-electron chi connectivity index (χ2n) is 5.94. The summed E-state index contributed by atoms with van der Waals surface area (Å²) < 4.78 is 5.83. The van der Waals surface area contributed by atoms with Crippen molar-refractivity contribution in [2.24, 2.45) is 0 Å². The molecular formula is C19H27NO. The average molecular weight is 285 g/mol. The molecule has 0 bridgehead atoms. The molecule has 0 aliphatic rings. The van der Waals surface area contributed by atoms with Crippen LogP contribution in [0.3, 0.4) is 0 Å². The highest BCUT2D eigenvalue weighted by Crippen LogP contribution is 2.30. The third-order valence-electron chi connectivity index (χ3n) is 4.47. The number of aryl methyl sites for hydroxylation is 4. The molecule has 0 spiro atoms. The summed E-state index contributed by atoms with van der Waals surface area (Å²) in [5.74, 6) is 2.08. The van der Waals surface area contributed by atoms with Crippen LogP contribution >= 0.6 is 0 Å². The molecule has 2 aromatic rings. The molecule has 2 nitrogen and oxygen atoms in total. The maximum atomic E-state index is 5.83. The fourth-order valence-electron chi connectivity index (χ4n) is 3.22. The minimum absolute atomic E-state index is 0.312. The van der Waals surface area contributed by atoms with Crippen LogP contribution in [0.5, 0.6) is 0 Å². The standard InChI is InChI=1S/C19H27NO/c1-7-20-18(19-14(4)15(5)21-16(19)6)11-17-12(2)9-8-10-13(17)3/h8-10,18,20H,7,11H2,1-6H3. The van der Waals surface area contributed by atoms with E-state index in [0.29, 0.717) is 6.04 Å². The molecular weight excluding hydrogens is 258 g/mol. The van der Waals surface area contributed by atoms with Gasteiger partial charge in [0.15, 0.2) is 0 Å². The van der Waals surface area contributed by atoms with Gasteiger partial charge in [-0.05, 0) is 69.8 Å². The summed E-state index contributed by atoms with van der Waals surface area (Å²) >= 11 is 0. The number of furan rings is 1. The maximum absolute atomic E-state index is 5.83. The fourth-order valence-corrected chi connectivity index (χ4v) is 3.22. The van der Waals surface area contributed by atoms with Crippen molar-refractivity contribution in [3.63, 3.8) is 0 Å². The zero-order valence-corrected chi connectivity index (χ0v) is 14.1. The van der Waals surface area contributed by atoms with E-state index in [-0.39, 0.29) is 0 Å². The summed E-state index contributed by atoms with van der Waals surface area (Å²) in [6.45, 7) is 13.8. The van der Waals surface area contributed by atoms with Crippen LogP contribution in [0.25, 0.3) is 0 Å². The molecule has 0 saturated heterocycles. The first-order valence-corrected chi connectivity index (χ1v) is 7.80. The summed E-state index contributed by atoms with van der Waals surface area (Å²) in [7, 11) is 0. The normalized spacial score (nSPS) is 12.7. The number of likely N-dealkylation sites (N-methyl/N-ethyl adjacent to an activating group) is 1. The lowest BCUT2D eigenvalue weighted by Gasteiger charge is -2.21. The van der Waals surface area contributed by atoms with E-state index < -0.39 is 0 Å². The maximum Gasteiger partial charge on any atom is 0.106 e. The largest absolute Gasteiger partial charge is 0.466 e. The molecule has 0 saturated carbocycles. The second-order valence-corrected chi connectivity index (χ2v) is 5.94. The highest BCUT2D eigenvalue weighted by atomic mass is 16.3. The quantitative estimate of drug-likeness (QED) is 0.860. The van der Waals surface area contributed by atoms with Crippen molar-refractivity contribution in [1.29, 1.82) is 0 Å². The van der Waals surface area contributed by atoms with E-state index in [1.54, 1.807) is 0 Å². The number of benzene rings is 1. The van der Waals surface area contributed by atoms with E-state index in [2.05, 4.69) is 58.1 Å². The van der Waals surface area contributed by atoms with Gasteiger partial charge in [-0.25, -0.2) is 0 Å². The van der Waals surface area contributed by atoms with Crippen LogP contribution in [-0.4, -0.2) is 6.54 Å². The molecule has 1 unspecified atom stereocenters. The number of nitrogens with one attached hydrogen (secondary N) is 1. The highest BCUT2D eigenvalue weighted by Gasteiger charge is 2.21. The Balaban J connectivity index is 2.40. The smallest absolute Gasteiger partial charge is 0.106 e. The lowest BCUT2D eigenvalue weighted by atomic mass is 9.91. The molecule has 21 heavy (non-hydrogen) atoms. The Morgan fingerprint density at radius 2 is 1.62 bits per heavy atom. The zero-order chi connectivity index (χ0) is 15.6. The Hall–Kier alpha value is -1.54. The summed E-state index contributed by atoms with van der Waals surface area (Å²) in [6, 6.07) is 6.85. The van der Waals surface area contributed by atoms with E-state index in [1.165, 1.54) is 27.8 Å². The van der Waals surface area contributed by atoms with E-state index in [1.807, 2.05) is 6.92 Å². The van der Waals surface area contributed by atoms with Crippen LogP contribution in [0.1, 0.15) is 52.3 Å². The molecule has 114 valence electrons. The highest BCUT2D eigenvalue weighted by molar-refractivity contribution is 5.39. The topological polar surface area (TPSA) is 25.2 Å². The number of rotatable bonds is 5. The predicted octanol–water partition coefficient (Wildman–Crippen LogP) is 4.72. The molecule has 1 aromatic heterocycles. The fraction of sp³-hybridized carbons (Fsp3) is 0.474. The van der Waals surface area contributed by atoms with Gasteiger partial charge in [0, 0.05) is 11.6 Å². The van der Waals surface area contributed by atoms with Crippen LogP contribution in [0.2, 0.25) is 0 Å². The Kier molecular flexibility index (Phi) is 4.89. The van der Waals surface area contributed by atoms with Crippen LogP contribution in [0, 0.1) is 34.6 Å². The molecule has 1 aromatic carbocycles. The van der Waals surface area contributed by atoms with Crippen LogP contribution in [0.4, 0.5) is 0 Å².